The van der Waals surface area contributed by atoms with Crippen LogP contribution in [-0.4, -0.2) is 56.8 Å². The van der Waals surface area contributed by atoms with Crippen molar-refractivity contribution >= 4 is 27.5 Å². The quantitative estimate of drug-likeness (QED) is 0.777. The Labute approximate surface area is 175 Å². The second-order valence-electron chi connectivity index (χ2n) is 7.10. The SMILES string of the molecule is C[C@H](NC(=O)c1ccc(Cl)c(S(=O)(=O)N2CCN(C)CC2)c1)c1ccc(F)cc1. The van der Waals surface area contributed by atoms with Gasteiger partial charge in [0, 0.05) is 31.7 Å². The summed E-state index contributed by atoms with van der Waals surface area (Å²) < 4.78 is 40.5. The Balaban J connectivity index is 1.80. The molecule has 1 N–H and O–H groups in total. The molecule has 0 aliphatic carbocycles. The fourth-order valence-electron chi connectivity index (χ4n) is 3.12. The number of rotatable bonds is 5. The summed E-state index contributed by atoms with van der Waals surface area (Å²) in [6, 6.07) is 9.65. The van der Waals surface area contributed by atoms with Crippen molar-refractivity contribution in [1.29, 1.82) is 0 Å². The zero-order valence-electron chi connectivity index (χ0n) is 16.2. The number of sulfonamides is 1. The fraction of sp³-hybridized carbons (Fsp3) is 0.350. The van der Waals surface area contributed by atoms with Crippen LogP contribution in [0, 0.1) is 5.82 Å². The first-order chi connectivity index (χ1) is 13.7. The summed E-state index contributed by atoms with van der Waals surface area (Å²) in [7, 11) is -1.87. The minimum atomic E-state index is -3.80. The highest BCUT2D eigenvalue weighted by Gasteiger charge is 2.30. The average Bonchev–Trinajstić information content (AvgIpc) is 2.69. The molecule has 1 saturated heterocycles. The highest BCUT2D eigenvalue weighted by atomic mass is 35.5. The van der Waals surface area contributed by atoms with Crippen LogP contribution in [0.2, 0.25) is 5.02 Å². The maximum absolute atomic E-state index is 13.1. The van der Waals surface area contributed by atoms with Gasteiger partial charge in [-0.25, -0.2) is 12.8 Å². The van der Waals surface area contributed by atoms with Gasteiger partial charge < -0.3 is 10.2 Å². The van der Waals surface area contributed by atoms with Gasteiger partial charge in [-0.2, -0.15) is 4.31 Å². The summed E-state index contributed by atoms with van der Waals surface area (Å²) in [5.74, 6) is -0.794. The van der Waals surface area contributed by atoms with Gasteiger partial charge in [0.05, 0.1) is 11.1 Å². The first-order valence-corrected chi connectivity index (χ1v) is 11.0. The van der Waals surface area contributed by atoms with Gasteiger partial charge >= 0.3 is 0 Å². The highest BCUT2D eigenvalue weighted by Crippen LogP contribution is 2.27. The van der Waals surface area contributed by atoms with Crippen molar-refractivity contribution in [3.63, 3.8) is 0 Å². The number of piperazine rings is 1. The van der Waals surface area contributed by atoms with Crippen molar-refractivity contribution in [2.45, 2.75) is 17.9 Å². The van der Waals surface area contributed by atoms with Gasteiger partial charge in [-0.1, -0.05) is 23.7 Å². The Morgan fingerprint density at radius 3 is 2.34 bits per heavy atom. The number of nitrogens with one attached hydrogen (secondary N) is 1. The van der Waals surface area contributed by atoms with Crippen LogP contribution in [0.5, 0.6) is 0 Å². The van der Waals surface area contributed by atoms with E-state index in [1.807, 2.05) is 11.9 Å². The zero-order valence-corrected chi connectivity index (χ0v) is 17.8. The first-order valence-electron chi connectivity index (χ1n) is 9.23. The van der Waals surface area contributed by atoms with Crippen LogP contribution >= 0.6 is 11.6 Å². The lowest BCUT2D eigenvalue weighted by Crippen LogP contribution is -2.47. The molecule has 0 spiro atoms. The standard InChI is InChI=1S/C20H23ClFN3O3S/c1-14(15-3-6-17(22)7-4-15)23-20(26)16-5-8-18(21)19(13-16)29(27,28)25-11-9-24(2)10-12-25/h3-8,13-14H,9-12H2,1-2H3,(H,23,26)/t14-/m0/s1. The van der Waals surface area contributed by atoms with E-state index in [-0.39, 0.29) is 27.3 Å². The van der Waals surface area contributed by atoms with E-state index in [9.17, 15) is 17.6 Å². The lowest BCUT2D eigenvalue weighted by atomic mass is 10.1. The predicted octanol–water partition coefficient (Wildman–Crippen LogP) is 2.91. The summed E-state index contributed by atoms with van der Waals surface area (Å²) >= 11 is 6.17. The van der Waals surface area contributed by atoms with Gasteiger partial charge in [-0.3, -0.25) is 4.79 Å². The van der Waals surface area contributed by atoms with E-state index < -0.39 is 15.9 Å². The Morgan fingerprint density at radius 2 is 1.72 bits per heavy atom. The lowest BCUT2D eigenvalue weighted by molar-refractivity contribution is 0.0939. The lowest BCUT2D eigenvalue weighted by Gasteiger charge is -2.31. The van der Waals surface area contributed by atoms with E-state index in [1.165, 1.54) is 34.6 Å². The smallest absolute Gasteiger partial charge is 0.251 e. The van der Waals surface area contributed by atoms with Gasteiger partial charge in [0.2, 0.25) is 10.0 Å². The van der Waals surface area contributed by atoms with Crippen molar-refractivity contribution in [3.05, 3.63) is 64.4 Å². The molecule has 2 aromatic rings. The summed E-state index contributed by atoms with van der Waals surface area (Å²) in [4.78, 5) is 14.6. The van der Waals surface area contributed by atoms with Crippen molar-refractivity contribution in [3.8, 4) is 0 Å². The molecule has 0 aromatic heterocycles. The molecule has 0 radical (unpaired) electrons. The molecule has 1 atom stereocenters. The van der Waals surface area contributed by atoms with Crippen LogP contribution in [0.4, 0.5) is 4.39 Å². The number of amides is 1. The second kappa shape index (κ2) is 8.79. The van der Waals surface area contributed by atoms with Gasteiger partial charge in [-0.15, -0.1) is 0 Å². The maximum atomic E-state index is 13.1. The topological polar surface area (TPSA) is 69.7 Å². The molecule has 156 valence electrons. The predicted molar refractivity (Wildman–Crippen MR) is 110 cm³/mol. The normalized spacial score (nSPS) is 17.1. The molecule has 1 aliphatic rings. The van der Waals surface area contributed by atoms with Crippen LogP contribution in [0.25, 0.3) is 0 Å². The number of carbonyl (C=O) groups is 1. The number of halogens is 2. The van der Waals surface area contributed by atoms with Crippen molar-refractivity contribution in [2.24, 2.45) is 0 Å². The summed E-state index contributed by atoms with van der Waals surface area (Å²) in [5, 5.41) is 2.87. The third-order valence-corrected chi connectivity index (χ3v) is 7.37. The largest absolute Gasteiger partial charge is 0.346 e. The number of hydrogen-bond donors (Lipinski definition) is 1. The molecule has 1 heterocycles. The summed E-state index contributed by atoms with van der Waals surface area (Å²) in [6.07, 6.45) is 0. The number of hydrogen-bond acceptors (Lipinski definition) is 4. The maximum Gasteiger partial charge on any atom is 0.251 e. The molecule has 1 aliphatic heterocycles. The van der Waals surface area contributed by atoms with Crippen LogP contribution in [0.15, 0.2) is 47.4 Å². The number of benzene rings is 2. The molecule has 1 fully saturated rings. The molecule has 0 bridgehead atoms. The first kappa shape index (κ1) is 21.7. The van der Waals surface area contributed by atoms with Crippen LogP contribution in [-0.2, 0) is 10.0 Å². The molecular weight excluding hydrogens is 417 g/mol. The third-order valence-electron chi connectivity index (χ3n) is 4.99. The van der Waals surface area contributed by atoms with Crippen molar-refractivity contribution in [2.75, 3.05) is 33.2 Å². The molecule has 6 nitrogen and oxygen atoms in total. The van der Waals surface area contributed by atoms with Crippen LogP contribution in [0.3, 0.4) is 0 Å². The van der Waals surface area contributed by atoms with Gasteiger partial charge in [-0.05, 0) is 49.9 Å². The van der Waals surface area contributed by atoms with Gasteiger partial charge in [0.15, 0.2) is 0 Å². The summed E-state index contributed by atoms with van der Waals surface area (Å²) in [6.45, 7) is 3.77. The van der Waals surface area contributed by atoms with Crippen molar-refractivity contribution < 1.29 is 17.6 Å². The Morgan fingerprint density at radius 1 is 1.10 bits per heavy atom. The third kappa shape index (κ3) is 4.95. The number of nitrogens with zero attached hydrogens (tertiary/aromatic N) is 2. The van der Waals surface area contributed by atoms with E-state index in [4.69, 9.17) is 11.6 Å². The molecule has 3 rings (SSSR count). The molecule has 9 heteroatoms. The second-order valence-corrected chi connectivity index (χ2v) is 9.41. The van der Waals surface area contributed by atoms with Crippen LogP contribution in [0.1, 0.15) is 28.9 Å². The molecule has 1 amide bonds. The van der Waals surface area contributed by atoms with E-state index in [0.717, 1.165) is 5.56 Å². The number of likely N-dealkylation sites (N-methyl/N-ethyl adjacent to an activating group) is 1. The van der Waals surface area contributed by atoms with E-state index in [0.29, 0.717) is 26.2 Å². The Kier molecular flexibility index (Phi) is 6.58. The molecule has 2 aromatic carbocycles. The Bertz CT molecular complexity index is 991. The minimum absolute atomic E-state index is 0.0760. The summed E-state index contributed by atoms with van der Waals surface area (Å²) in [5.41, 5.74) is 0.926. The van der Waals surface area contributed by atoms with Gasteiger partial charge in [0.25, 0.3) is 5.91 Å². The Hall–Kier alpha value is -2.00. The molecule has 29 heavy (non-hydrogen) atoms. The zero-order chi connectivity index (χ0) is 21.2. The molecule has 0 saturated carbocycles. The van der Waals surface area contributed by atoms with Crippen molar-refractivity contribution in [1.82, 2.24) is 14.5 Å². The van der Waals surface area contributed by atoms with E-state index in [2.05, 4.69) is 5.32 Å². The van der Waals surface area contributed by atoms with E-state index >= 15 is 0 Å². The monoisotopic (exact) mass is 439 g/mol. The average molecular weight is 440 g/mol. The fourth-order valence-corrected chi connectivity index (χ4v) is 5.05. The number of carbonyl (C=O) groups excluding carboxylic acids is 1. The molecule has 0 unspecified atom stereocenters. The highest BCUT2D eigenvalue weighted by molar-refractivity contribution is 7.89. The van der Waals surface area contributed by atoms with Crippen LogP contribution < -0.4 is 5.32 Å². The van der Waals surface area contributed by atoms with Gasteiger partial charge in [0.1, 0.15) is 10.7 Å². The molecular formula is C20H23ClFN3O3S. The minimum Gasteiger partial charge on any atom is -0.346 e. The van der Waals surface area contributed by atoms with E-state index in [1.54, 1.807) is 19.1 Å².